The number of imidazole rings is 1. The smallest absolute Gasteiger partial charge is 0.171 e. The molecule has 0 fully saturated rings. The maximum absolute atomic E-state index is 15.8. The van der Waals surface area contributed by atoms with Crippen LogP contribution in [-0.2, 0) is 4.57 Å². The van der Waals surface area contributed by atoms with Crippen LogP contribution in [0.3, 0.4) is 0 Å². The molecule has 0 amide bonds. The molecular weight excluding hydrogens is 495 g/mol. The van der Waals surface area contributed by atoms with Crippen molar-refractivity contribution in [1.29, 1.82) is 0 Å². The summed E-state index contributed by atoms with van der Waals surface area (Å²) in [6.07, 6.45) is 0. The van der Waals surface area contributed by atoms with Crippen LogP contribution in [0.2, 0.25) is 0 Å². The fourth-order valence-corrected chi connectivity index (χ4v) is 9.01. The molecule has 2 aromatic heterocycles. The number of pyridine rings is 1. The predicted octanol–water partition coefficient (Wildman–Crippen LogP) is 7.59. The Balaban J connectivity index is 1.70. The quantitative estimate of drug-likeness (QED) is 0.178. The lowest BCUT2D eigenvalue weighted by Gasteiger charge is -2.24. The van der Waals surface area contributed by atoms with Crippen LogP contribution < -0.4 is 15.9 Å². The van der Waals surface area contributed by atoms with Gasteiger partial charge in [0.15, 0.2) is 7.14 Å². The van der Waals surface area contributed by atoms with Crippen LogP contribution in [0.15, 0.2) is 140 Å². The van der Waals surface area contributed by atoms with Crippen LogP contribution >= 0.6 is 7.14 Å². The number of hydrogen-bond acceptors (Lipinski definition) is 2. The van der Waals surface area contributed by atoms with Crippen molar-refractivity contribution in [2.24, 2.45) is 0 Å². The molecule has 0 radical (unpaired) electrons. The summed E-state index contributed by atoms with van der Waals surface area (Å²) in [5.41, 5.74) is 3.95. The van der Waals surface area contributed by atoms with E-state index < -0.39 is 7.14 Å². The first-order valence-corrected chi connectivity index (χ1v) is 14.8. The first-order valence-electron chi connectivity index (χ1n) is 13.1. The molecule has 8 rings (SSSR count). The van der Waals surface area contributed by atoms with Crippen molar-refractivity contribution < 1.29 is 4.57 Å². The Morgan fingerprint density at radius 3 is 1.82 bits per heavy atom. The molecule has 0 saturated carbocycles. The molecule has 0 bridgehead atoms. The third-order valence-corrected chi connectivity index (χ3v) is 10.9. The van der Waals surface area contributed by atoms with E-state index in [0.717, 1.165) is 65.0 Å². The molecule has 184 valence electrons. The summed E-state index contributed by atoms with van der Waals surface area (Å²) in [5.74, 6) is 0. The lowest BCUT2D eigenvalue weighted by molar-refractivity contribution is 0.592. The number of rotatable bonds is 3. The molecule has 2 heterocycles. The first kappa shape index (κ1) is 22.3. The van der Waals surface area contributed by atoms with E-state index in [9.17, 15) is 0 Å². The van der Waals surface area contributed by atoms with Crippen molar-refractivity contribution in [3.05, 3.63) is 140 Å². The van der Waals surface area contributed by atoms with Crippen LogP contribution in [0.5, 0.6) is 0 Å². The summed E-state index contributed by atoms with van der Waals surface area (Å²) >= 11 is 0. The molecule has 3 nitrogen and oxygen atoms in total. The van der Waals surface area contributed by atoms with Gasteiger partial charge in [0.05, 0.1) is 16.6 Å². The minimum Gasteiger partial charge on any atom is -0.309 e. The number of fused-ring (bicyclic) bond motifs is 10. The number of hydrogen-bond donors (Lipinski definition) is 0. The molecule has 0 aliphatic heterocycles. The summed E-state index contributed by atoms with van der Waals surface area (Å²) in [4.78, 5) is 5.19. The molecule has 0 unspecified atom stereocenters. The molecule has 39 heavy (non-hydrogen) atoms. The van der Waals surface area contributed by atoms with Gasteiger partial charge in [-0.3, -0.25) is 4.40 Å². The standard InChI is InChI=1S/C35H23N2OP/c38-39(25-14-3-1-4-15-25,26-16-5-2-6-17-26)32-23-24-13-7-8-18-27(24)34-33(32)28-19-9-11-21-30(28)37-31-22-12-10-20-29(31)36-35(34)37/h1-23H. The molecule has 0 spiro atoms. The highest BCUT2D eigenvalue weighted by Crippen LogP contribution is 2.48. The molecule has 0 aliphatic carbocycles. The zero-order valence-electron chi connectivity index (χ0n) is 21.0. The van der Waals surface area contributed by atoms with Crippen LogP contribution in [0, 0.1) is 0 Å². The van der Waals surface area contributed by atoms with Crippen LogP contribution in [0.25, 0.3) is 49.1 Å². The SMILES string of the molecule is O=P(c1ccccc1)(c1ccccc1)c1cc2ccccc2c2c1c1ccccc1n1c3ccccc3nc21. The summed E-state index contributed by atoms with van der Waals surface area (Å²) in [7, 11) is -3.28. The fourth-order valence-electron chi connectivity index (χ4n) is 6.11. The minimum absolute atomic E-state index is 0.824. The summed E-state index contributed by atoms with van der Waals surface area (Å²) < 4.78 is 18.1. The number of para-hydroxylation sites is 3. The zero-order valence-corrected chi connectivity index (χ0v) is 21.9. The average Bonchev–Trinajstić information content (AvgIpc) is 3.41. The average molecular weight is 519 g/mol. The highest BCUT2D eigenvalue weighted by atomic mass is 31.2. The highest BCUT2D eigenvalue weighted by molar-refractivity contribution is 7.85. The number of nitrogens with zero attached hydrogens (tertiary/aromatic N) is 2. The Morgan fingerprint density at radius 2 is 1.10 bits per heavy atom. The van der Waals surface area contributed by atoms with E-state index in [4.69, 9.17) is 4.98 Å². The van der Waals surface area contributed by atoms with Gasteiger partial charge in [-0.2, -0.15) is 0 Å². The van der Waals surface area contributed by atoms with E-state index in [1.54, 1.807) is 0 Å². The van der Waals surface area contributed by atoms with E-state index in [0.29, 0.717) is 0 Å². The van der Waals surface area contributed by atoms with E-state index >= 15 is 4.57 Å². The van der Waals surface area contributed by atoms with Crippen molar-refractivity contribution >= 4 is 72.2 Å². The lowest BCUT2D eigenvalue weighted by Crippen LogP contribution is -2.26. The van der Waals surface area contributed by atoms with Gasteiger partial charge in [0, 0.05) is 32.1 Å². The second-order valence-electron chi connectivity index (χ2n) is 9.92. The molecule has 4 heteroatoms. The number of aromatic nitrogens is 2. The molecule has 0 saturated heterocycles. The van der Waals surface area contributed by atoms with Crippen molar-refractivity contribution in [2.45, 2.75) is 0 Å². The van der Waals surface area contributed by atoms with Gasteiger partial charge in [-0.25, -0.2) is 4.98 Å². The summed E-state index contributed by atoms with van der Waals surface area (Å²) in [6, 6.07) is 47.1. The molecule has 0 N–H and O–H groups in total. The van der Waals surface area contributed by atoms with Gasteiger partial charge >= 0.3 is 0 Å². The Bertz CT molecular complexity index is 2210. The zero-order chi connectivity index (χ0) is 26.0. The van der Waals surface area contributed by atoms with E-state index in [2.05, 4.69) is 71.1 Å². The van der Waals surface area contributed by atoms with Crippen molar-refractivity contribution in [3.63, 3.8) is 0 Å². The van der Waals surface area contributed by atoms with Gasteiger partial charge in [0.25, 0.3) is 0 Å². The third-order valence-electron chi connectivity index (χ3n) is 7.81. The predicted molar refractivity (Wildman–Crippen MR) is 165 cm³/mol. The summed E-state index contributed by atoms with van der Waals surface area (Å²) in [5, 5.41) is 7.75. The first-order chi connectivity index (χ1) is 19.2. The normalized spacial score (nSPS) is 12.2. The van der Waals surface area contributed by atoms with Gasteiger partial charge in [-0.1, -0.05) is 115 Å². The molecule has 0 aliphatic rings. The monoisotopic (exact) mass is 518 g/mol. The Morgan fingerprint density at radius 1 is 0.538 bits per heavy atom. The van der Waals surface area contributed by atoms with Gasteiger partial charge < -0.3 is 4.57 Å². The van der Waals surface area contributed by atoms with Gasteiger partial charge in [0.1, 0.15) is 5.65 Å². The van der Waals surface area contributed by atoms with E-state index in [1.165, 1.54) is 0 Å². The second kappa shape index (κ2) is 8.39. The second-order valence-corrected chi connectivity index (χ2v) is 12.7. The highest BCUT2D eigenvalue weighted by Gasteiger charge is 2.33. The van der Waals surface area contributed by atoms with E-state index in [1.807, 2.05) is 72.8 Å². The van der Waals surface area contributed by atoms with Crippen LogP contribution in [-0.4, -0.2) is 9.38 Å². The minimum atomic E-state index is -3.28. The van der Waals surface area contributed by atoms with Gasteiger partial charge in [0.2, 0.25) is 0 Å². The van der Waals surface area contributed by atoms with Gasteiger partial charge in [-0.05, 0) is 35.0 Å². The Labute approximate surface area is 225 Å². The lowest BCUT2D eigenvalue weighted by atomic mass is 9.99. The maximum Gasteiger partial charge on any atom is 0.171 e. The van der Waals surface area contributed by atoms with Crippen LogP contribution in [0.1, 0.15) is 0 Å². The molecular formula is C35H23N2OP. The van der Waals surface area contributed by atoms with Crippen LogP contribution in [0.4, 0.5) is 0 Å². The van der Waals surface area contributed by atoms with Gasteiger partial charge in [-0.15, -0.1) is 0 Å². The third kappa shape index (κ3) is 3.11. The fraction of sp³-hybridized carbons (Fsp3) is 0. The largest absolute Gasteiger partial charge is 0.309 e. The molecule has 6 aromatic carbocycles. The molecule has 8 aromatic rings. The number of benzene rings is 6. The Hall–Kier alpha value is -4.72. The van der Waals surface area contributed by atoms with Crippen molar-refractivity contribution in [2.75, 3.05) is 0 Å². The summed E-state index contributed by atoms with van der Waals surface area (Å²) in [6.45, 7) is 0. The molecule has 0 atom stereocenters. The van der Waals surface area contributed by atoms with E-state index in [-0.39, 0.29) is 0 Å². The van der Waals surface area contributed by atoms with Crippen molar-refractivity contribution in [3.8, 4) is 0 Å². The Kier molecular flexibility index (Phi) is 4.79. The van der Waals surface area contributed by atoms with Crippen molar-refractivity contribution in [1.82, 2.24) is 9.38 Å². The topological polar surface area (TPSA) is 34.4 Å². The maximum atomic E-state index is 15.8.